The highest BCUT2D eigenvalue weighted by atomic mass is 16.5. The Balaban J connectivity index is 1.85. The fourth-order valence-electron chi connectivity index (χ4n) is 2.70. The summed E-state index contributed by atoms with van der Waals surface area (Å²) >= 11 is 0. The van der Waals surface area contributed by atoms with Crippen LogP contribution in [0.4, 0.5) is 0 Å². The molecule has 0 saturated carbocycles. The van der Waals surface area contributed by atoms with Crippen LogP contribution in [0.3, 0.4) is 0 Å². The molecule has 0 bridgehead atoms. The van der Waals surface area contributed by atoms with Gasteiger partial charge in [-0.2, -0.15) is 5.26 Å². The molecule has 5 nitrogen and oxygen atoms in total. The van der Waals surface area contributed by atoms with Crippen LogP contribution in [-0.4, -0.2) is 25.7 Å². The summed E-state index contributed by atoms with van der Waals surface area (Å²) in [6.45, 7) is 2.33. The minimum atomic E-state index is -0.632. The molecule has 24 heavy (non-hydrogen) atoms. The van der Waals surface area contributed by atoms with Gasteiger partial charge in [-0.3, -0.25) is 4.79 Å². The summed E-state index contributed by atoms with van der Waals surface area (Å²) in [7, 11) is 1.51. The molecule has 0 heterocycles. The van der Waals surface area contributed by atoms with Crippen molar-refractivity contribution >= 4 is 5.91 Å². The lowest BCUT2D eigenvalue weighted by atomic mass is 9.97. The number of benzene rings is 1. The van der Waals surface area contributed by atoms with Crippen molar-refractivity contribution in [1.29, 1.82) is 5.26 Å². The standard InChI is InChI=1S/C19H24N2O3/c1-14(19(22)21-11-10-15-6-4-3-5-7-15)24-17-9-8-16(13-20)12-18(17)23-2/h6,8-9,12,14H,3-5,7,10-11H2,1-2H3,(H,21,22). The van der Waals surface area contributed by atoms with E-state index in [4.69, 9.17) is 14.7 Å². The minimum absolute atomic E-state index is 0.155. The molecule has 1 unspecified atom stereocenters. The van der Waals surface area contributed by atoms with Crippen LogP contribution in [0.25, 0.3) is 0 Å². The van der Waals surface area contributed by atoms with Crippen molar-refractivity contribution in [3.63, 3.8) is 0 Å². The highest BCUT2D eigenvalue weighted by molar-refractivity contribution is 5.80. The van der Waals surface area contributed by atoms with Crippen LogP contribution in [0.5, 0.6) is 11.5 Å². The number of carbonyl (C=O) groups is 1. The average Bonchev–Trinajstić information content (AvgIpc) is 2.62. The summed E-state index contributed by atoms with van der Waals surface area (Å²) in [6.07, 6.45) is 7.37. The first kappa shape index (κ1) is 17.9. The Kier molecular flexibility index (Phi) is 6.68. The van der Waals surface area contributed by atoms with E-state index in [1.54, 1.807) is 25.1 Å². The summed E-state index contributed by atoms with van der Waals surface area (Å²) in [4.78, 5) is 12.2. The minimum Gasteiger partial charge on any atom is -0.493 e. The first-order chi connectivity index (χ1) is 11.6. The maximum absolute atomic E-state index is 12.2. The van der Waals surface area contributed by atoms with Gasteiger partial charge in [-0.05, 0) is 51.2 Å². The van der Waals surface area contributed by atoms with Crippen molar-refractivity contribution in [2.45, 2.75) is 45.1 Å². The van der Waals surface area contributed by atoms with Gasteiger partial charge in [0.05, 0.1) is 18.7 Å². The Morgan fingerprint density at radius 1 is 1.38 bits per heavy atom. The van der Waals surface area contributed by atoms with Gasteiger partial charge < -0.3 is 14.8 Å². The molecule has 0 spiro atoms. The van der Waals surface area contributed by atoms with Crippen LogP contribution in [0.1, 0.15) is 44.6 Å². The summed E-state index contributed by atoms with van der Waals surface area (Å²) in [5.74, 6) is 0.744. The molecule has 1 aromatic rings. The van der Waals surface area contributed by atoms with Crippen molar-refractivity contribution in [3.05, 3.63) is 35.4 Å². The molecule has 128 valence electrons. The molecule has 1 aliphatic rings. The smallest absolute Gasteiger partial charge is 0.260 e. The number of allylic oxidation sites excluding steroid dienone is 1. The van der Waals surface area contributed by atoms with Gasteiger partial charge in [0.15, 0.2) is 17.6 Å². The zero-order valence-corrected chi connectivity index (χ0v) is 14.3. The molecular formula is C19H24N2O3. The van der Waals surface area contributed by atoms with E-state index in [9.17, 15) is 4.79 Å². The topological polar surface area (TPSA) is 71.3 Å². The number of methoxy groups -OCH3 is 1. The highest BCUT2D eigenvalue weighted by Crippen LogP contribution is 2.28. The summed E-state index contributed by atoms with van der Waals surface area (Å²) in [5, 5.41) is 11.8. The lowest BCUT2D eigenvalue weighted by Crippen LogP contribution is -2.37. The Bertz CT molecular complexity index is 647. The molecule has 1 N–H and O–H groups in total. The van der Waals surface area contributed by atoms with Gasteiger partial charge in [0.25, 0.3) is 5.91 Å². The molecule has 5 heteroatoms. The maximum atomic E-state index is 12.2. The zero-order chi connectivity index (χ0) is 17.4. The van der Waals surface area contributed by atoms with E-state index in [1.165, 1.54) is 25.5 Å². The van der Waals surface area contributed by atoms with E-state index >= 15 is 0 Å². The predicted octanol–water partition coefficient (Wildman–Crippen LogP) is 3.34. The van der Waals surface area contributed by atoms with Crippen LogP contribution in [0, 0.1) is 11.3 Å². The number of nitriles is 1. The number of nitrogens with zero attached hydrogens (tertiary/aromatic N) is 1. The summed E-state index contributed by atoms with van der Waals surface area (Å²) in [5.41, 5.74) is 1.92. The Labute approximate surface area is 143 Å². The van der Waals surface area contributed by atoms with Crippen molar-refractivity contribution < 1.29 is 14.3 Å². The largest absolute Gasteiger partial charge is 0.493 e. The van der Waals surface area contributed by atoms with E-state index < -0.39 is 6.10 Å². The highest BCUT2D eigenvalue weighted by Gasteiger charge is 2.17. The van der Waals surface area contributed by atoms with Gasteiger partial charge in [-0.1, -0.05) is 11.6 Å². The first-order valence-corrected chi connectivity index (χ1v) is 8.34. The van der Waals surface area contributed by atoms with Crippen molar-refractivity contribution in [3.8, 4) is 17.6 Å². The zero-order valence-electron chi connectivity index (χ0n) is 14.3. The molecule has 0 fully saturated rings. The van der Waals surface area contributed by atoms with Gasteiger partial charge >= 0.3 is 0 Å². The molecule has 0 aromatic heterocycles. The molecule has 0 aliphatic heterocycles. The van der Waals surface area contributed by atoms with Crippen LogP contribution in [0.2, 0.25) is 0 Å². The first-order valence-electron chi connectivity index (χ1n) is 8.34. The number of hydrogen-bond acceptors (Lipinski definition) is 4. The predicted molar refractivity (Wildman–Crippen MR) is 92.0 cm³/mol. The Morgan fingerprint density at radius 2 is 2.21 bits per heavy atom. The molecular weight excluding hydrogens is 304 g/mol. The number of amides is 1. The lowest BCUT2D eigenvalue weighted by Gasteiger charge is -2.17. The van der Waals surface area contributed by atoms with E-state index in [0.717, 1.165) is 19.3 Å². The average molecular weight is 328 g/mol. The third-order valence-corrected chi connectivity index (χ3v) is 4.10. The normalized spacial score (nSPS) is 15.0. The number of nitrogens with one attached hydrogen (secondary N) is 1. The second kappa shape index (κ2) is 8.97. The fraction of sp³-hybridized carbons (Fsp3) is 0.474. The quantitative estimate of drug-likeness (QED) is 0.779. The van der Waals surface area contributed by atoms with Crippen LogP contribution in [-0.2, 0) is 4.79 Å². The number of ether oxygens (including phenoxy) is 2. The Hall–Kier alpha value is -2.48. The molecule has 0 radical (unpaired) electrons. The van der Waals surface area contributed by atoms with Gasteiger partial charge in [-0.25, -0.2) is 0 Å². The summed E-state index contributed by atoms with van der Waals surface area (Å²) < 4.78 is 10.9. The van der Waals surface area contributed by atoms with E-state index in [1.807, 2.05) is 6.07 Å². The van der Waals surface area contributed by atoms with Gasteiger partial charge in [0, 0.05) is 12.6 Å². The van der Waals surface area contributed by atoms with E-state index in [-0.39, 0.29) is 5.91 Å². The molecule has 1 aromatic carbocycles. The van der Waals surface area contributed by atoms with E-state index in [2.05, 4.69) is 11.4 Å². The third kappa shape index (κ3) is 5.02. The van der Waals surface area contributed by atoms with Crippen molar-refractivity contribution in [2.75, 3.05) is 13.7 Å². The van der Waals surface area contributed by atoms with Gasteiger partial charge in [0.2, 0.25) is 0 Å². The molecule has 1 atom stereocenters. The fourth-order valence-corrected chi connectivity index (χ4v) is 2.70. The van der Waals surface area contributed by atoms with E-state index in [0.29, 0.717) is 23.6 Å². The van der Waals surface area contributed by atoms with Crippen molar-refractivity contribution in [2.24, 2.45) is 0 Å². The molecule has 1 aliphatic carbocycles. The van der Waals surface area contributed by atoms with Gasteiger partial charge in [0.1, 0.15) is 0 Å². The third-order valence-electron chi connectivity index (χ3n) is 4.10. The maximum Gasteiger partial charge on any atom is 0.260 e. The van der Waals surface area contributed by atoms with Crippen LogP contribution >= 0.6 is 0 Å². The van der Waals surface area contributed by atoms with Crippen molar-refractivity contribution in [1.82, 2.24) is 5.32 Å². The lowest BCUT2D eigenvalue weighted by molar-refractivity contribution is -0.127. The number of hydrogen-bond donors (Lipinski definition) is 1. The molecule has 2 rings (SSSR count). The van der Waals surface area contributed by atoms with Crippen LogP contribution in [0.15, 0.2) is 29.8 Å². The van der Waals surface area contributed by atoms with Crippen LogP contribution < -0.4 is 14.8 Å². The molecule has 1 amide bonds. The Morgan fingerprint density at radius 3 is 2.88 bits per heavy atom. The SMILES string of the molecule is COc1cc(C#N)ccc1OC(C)C(=O)NCCC1=CCCCC1. The monoisotopic (exact) mass is 328 g/mol. The van der Waals surface area contributed by atoms with Gasteiger partial charge in [-0.15, -0.1) is 0 Å². The number of carbonyl (C=O) groups excluding carboxylic acids is 1. The number of rotatable bonds is 7. The summed E-state index contributed by atoms with van der Waals surface area (Å²) in [6, 6.07) is 6.92. The second-order valence-corrected chi connectivity index (χ2v) is 5.89. The second-order valence-electron chi connectivity index (χ2n) is 5.89. The molecule has 0 saturated heterocycles.